The third-order valence-electron chi connectivity index (χ3n) is 2.94. The molecule has 1 rings (SSSR count). The number of amides is 1. The van der Waals surface area contributed by atoms with Crippen LogP contribution in [0.5, 0.6) is 0 Å². The molecule has 1 aromatic carbocycles. The van der Waals surface area contributed by atoms with E-state index < -0.39 is 5.54 Å². The smallest absolute Gasteiger partial charge is 0.252 e. The summed E-state index contributed by atoms with van der Waals surface area (Å²) in [6.07, 6.45) is 0. The van der Waals surface area contributed by atoms with E-state index in [2.05, 4.69) is 5.32 Å². The highest BCUT2D eigenvalue weighted by atomic mass is 35.5. The van der Waals surface area contributed by atoms with Crippen LogP contribution in [0.1, 0.15) is 36.7 Å². The highest BCUT2D eigenvalue weighted by Crippen LogP contribution is 2.20. The van der Waals surface area contributed by atoms with E-state index in [-0.39, 0.29) is 11.3 Å². The number of carbonyl (C=O) groups is 1. The van der Waals surface area contributed by atoms with Gasteiger partial charge in [-0.05, 0) is 45.4 Å². The molecule has 0 saturated heterocycles. The zero-order chi connectivity index (χ0) is 13.2. The van der Waals surface area contributed by atoms with E-state index >= 15 is 0 Å². The van der Waals surface area contributed by atoms with Crippen LogP contribution < -0.4 is 5.32 Å². The summed E-state index contributed by atoms with van der Waals surface area (Å²) >= 11 is 12.0. The Morgan fingerprint density at radius 1 is 1.41 bits per heavy atom. The summed E-state index contributed by atoms with van der Waals surface area (Å²) in [5.41, 5.74) is 0.903. The van der Waals surface area contributed by atoms with Crippen LogP contribution in [0.3, 0.4) is 0 Å². The van der Waals surface area contributed by atoms with Crippen molar-refractivity contribution in [1.29, 1.82) is 0 Å². The molecule has 1 amide bonds. The van der Waals surface area contributed by atoms with E-state index in [1.165, 1.54) is 0 Å². The molecule has 0 radical (unpaired) electrons. The second-order valence-corrected chi connectivity index (χ2v) is 5.77. The van der Waals surface area contributed by atoms with Gasteiger partial charge in [0, 0.05) is 10.6 Å². The highest BCUT2D eigenvalue weighted by molar-refractivity contribution is 6.31. The van der Waals surface area contributed by atoms with Crippen LogP contribution in [0.4, 0.5) is 0 Å². The number of halogens is 2. The quantitative estimate of drug-likeness (QED) is 0.835. The number of hydrogen-bond donors (Lipinski definition) is 1. The monoisotopic (exact) mass is 273 g/mol. The van der Waals surface area contributed by atoms with Crippen LogP contribution in [-0.2, 0) is 0 Å². The number of nitrogens with one attached hydrogen (secondary N) is 1. The van der Waals surface area contributed by atoms with Gasteiger partial charge in [-0.1, -0.05) is 17.7 Å². The van der Waals surface area contributed by atoms with Crippen LogP contribution in [0, 0.1) is 6.92 Å². The van der Waals surface area contributed by atoms with Gasteiger partial charge in [-0.25, -0.2) is 0 Å². The van der Waals surface area contributed by atoms with E-state index in [9.17, 15) is 4.79 Å². The van der Waals surface area contributed by atoms with Crippen molar-refractivity contribution in [2.45, 2.75) is 38.6 Å². The minimum Gasteiger partial charge on any atom is -0.346 e. The summed E-state index contributed by atoms with van der Waals surface area (Å²) < 4.78 is 0. The van der Waals surface area contributed by atoms with Gasteiger partial charge in [-0.15, -0.1) is 11.6 Å². The van der Waals surface area contributed by atoms with Crippen molar-refractivity contribution >= 4 is 29.1 Å². The summed E-state index contributed by atoms with van der Waals surface area (Å²) in [6.45, 7) is 7.46. The lowest BCUT2D eigenvalue weighted by molar-refractivity contribution is 0.0912. The SMILES string of the molecule is Cc1c(Cl)cccc1C(=O)NC(C)(C)C(C)Cl. The minimum atomic E-state index is -0.465. The Hall–Kier alpha value is -0.730. The lowest BCUT2D eigenvalue weighted by Crippen LogP contribution is -2.49. The van der Waals surface area contributed by atoms with Crippen molar-refractivity contribution in [3.63, 3.8) is 0 Å². The first-order valence-corrected chi connectivity index (χ1v) is 6.29. The molecular weight excluding hydrogens is 257 g/mol. The number of hydrogen-bond acceptors (Lipinski definition) is 1. The van der Waals surface area contributed by atoms with Crippen LogP contribution in [0.25, 0.3) is 0 Å². The van der Waals surface area contributed by atoms with Gasteiger partial charge in [0.2, 0.25) is 0 Å². The van der Waals surface area contributed by atoms with Gasteiger partial charge in [0.05, 0.1) is 10.9 Å². The Bertz CT molecular complexity index is 427. The van der Waals surface area contributed by atoms with Gasteiger partial charge in [0.1, 0.15) is 0 Å². The first-order valence-electron chi connectivity index (χ1n) is 5.47. The van der Waals surface area contributed by atoms with Crippen molar-refractivity contribution in [2.75, 3.05) is 0 Å². The Labute approximate surface area is 112 Å². The molecule has 0 aliphatic rings. The first kappa shape index (κ1) is 14.3. The molecule has 0 heterocycles. The fourth-order valence-corrected chi connectivity index (χ4v) is 1.54. The molecule has 0 aromatic heterocycles. The molecule has 4 heteroatoms. The molecule has 1 unspecified atom stereocenters. The summed E-state index contributed by atoms with van der Waals surface area (Å²) in [6, 6.07) is 5.29. The fourth-order valence-electron chi connectivity index (χ4n) is 1.31. The van der Waals surface area contributed by atoms with Crippen molar-refractivity contribution in [1.82, 2.24) is 5.32 Å². The third-order valence-corrected chi connectivity index (χ3v) is 3.90. The largest absolute Gasteiger partial charge is 0.346 e. The van der Waals surface area contributed by atoms with Crippen molar-refractivity contribution < 1.29 is 4.79 Å². The van der Waals surface area contributed by atoms with Crippen molar-refractivity contribution in [3.8, 4) is 0 Å². The number of alkyl halides is 1. The maximum absolute atomic E-state index is 12.1. The average molecular weight is 274 g/mol. The second-order valence-electron chi connectivity index (χ2n) is 4.70. The highest BCUT2D eigenvalue weighted by Gasteiger charge is 2.27. The Morgan fingerprint density at radius 2 is 2.00 bits per heavy atom. The lowest BCUT2D eigenvalue weighted by Gasteiger charge is -2.29. The van der Waals surface area contributed by atoms with Crippen molar-refractivity contribution in [2.24, 2.45) is 0 Å². The van der Waals surface area contributed by atoms with Gasteiger partial charge in [-0.2, -0.15) is 0 Å². The van der Waals surface area contributed by atoms with E-state index in [0.29, 0.717) is 10.6 Å². The molecule has 17 heavy (non-hydrogen) atoms. The van der Waals surface area contributed by atoms with Gasteiger partial charge >= 0.3 is 0 Å². The molecule has 1 aromatic rings. The van der Waals surface area contributed by atoms with Crippen molar-refractivity contribution in [3.05, 3.63) is 34.3 Å². The van der Waals surface area contributed by atoms with E-state index in [1.54, 1.807) is 18.2 Å². The minimum absolute atomic E-state index is 0.150. The summed E-state index contributed by atoms with van der Waals surface area (Å²) in [5, 5.41) is 3.34. The molecule has 0 bridgehead atoms. The molecule has 1 N–H and O–H groups in total. The predicted molar refractivity (Wildman–Crippen MR) is 73.0 cm³/mol. The molecule has 0 saturated carbocycles. The molecule has 1 atom stereocenters. The Morgan fingerprint density at radius 3 is 2.53 bits per heavy atom. The summed E-state index contributed by atoms with van der Waals surface area (Å²) in [5.74, 6) is -0.150. The van der Waals surface area contributed by atoms with Crippen LogP contribution >= 0.6 is 23.2 Å². The van der Waals surface area contributed by atoms with Crippen LogP contribution in [-0.4, -0.2) is 16.8 Å². The van der Waals surface area contributed by atoms with E-state index in [4.69, 9.17) is 23.2 Å². The van der Waals surface area contributed by atoms with E-state index in [1.807, 2.05) is 27.7 Å². The standard InChI is InChI=1S/C13H17Cl2NO/c1-8-10(6-5-7-11(8)15)12(17)16-13(3,4)9(2)14/h5-7,9H,1-4H3,(H,16,17). The number of benzene rings is 1. The average Bonchev–Trinajstić information content (AvgIpc) is 2.21. The topological polar surface area (TPSA) is 29.1 Å². The Kier molecular flexibility index (Phi) is 4.45. The van der Waals surface area contributed by atoms with Gasteiger partial charge in [-0.3, -0.25) is 4.79 Å². The summed E-state index contributed by atoms with van der Waals surface area (Å²) in [7, 11) is 0. The molecular formula is C13H17Cl2NO. The predicted octanol–water partition coefficient (Wildman–Crippen LogP) is 3.78. The third kappa shape index (κ3) is 3.36. The molecule has 0 fully saturated rings. The van der Waals surface area contributed by atoms with E-state index in [0.717, 1.165) is 5.56 Å². The van der Waals surface area contributed by atoms with Gasteiger partial charge in [0.15, 0.2) is 0 Å². The molecule has 2 nitrogen and oxygen atoms in total. The molecule has 0 spiro atoms. The zero-order valence-electron chi connectivity index (χ0n) is 10.5. The fraction of sp³-hybridized carbons (Fsp3) is 0.462. The van der Waals surface area contributed by atoms with Crippen LogP contribution in [0.15, 0.2) is 18.2 Å². The zero-order valence-corrected chi connectivity index (χ0v) is 12.0. The maximum atomic E-state index is 12.1. The first-order chi connectivity index (χ1) is 7.75. The normalized spacial score (nSPS) is 13.3. The summed E-state index contributed by atoms with van der Waals surface area (Å²) in [4.78, 5) is 12.1. The lowest BCUT2D eigenvalue weighted by atomic mass is 10.00. The molecule has 0 aliphatic carbocycles. The van der Waals surface area contributed by atoms with Crippen LogP contribution in [0.2, 0.25) is 5.02 Å². The number of carbonyl (C=O) groups excluding carboxylic acids is 1. The second kappa shape index (κ2) is 5.28. The maximum Gasteiger partial charge on any atom is 0.252 e. The number of rotatable bonds is 3. The van der Waals surface area contributed by atoms with Gasteiger partial charge < -0.3 is 5.32 Å². The molecule has 0 aliphatic heterocycles. The molecule has 94 valence electrons. The Balaban J connectivity index is 2.95. The van der Waals surface area contributed by atoms with Gasteiger partial charge in [0.25, 0.3) is 5.91 Å².